The van der Waals surface area contributed by atoms with Gasteiger partial charge in [0.2, 0.25) is 5.78 Å². The summed E-state index contributed by atoms with van der Waals surface area (Å²) < 4.78 is 5.49. The Morgan fingerprint density at radius 3 is 2.74 bits per heavy atom. The molecule has 4 nitrogen and oxygen atoms in total. The first kappa shape index (κ1) is 11.5. The van der Waals surface area contributed by atoms with Crippen LogP contribution in [0, 0.1) is 22.7 Å². The molecule has 1 aliphatic carbocycles. The number of hydrogen-bond donors (Lipinski definition) is 0. The Balaban J connectivity index is 2.44. The number of Topliss-reactive ketones (excluding diaryl/α,β-unsaturated/α-hetero) is 1. The van der Waals surface area contributed by atoms with Crippen molar-refractivity contribution in [3.63, 3.8) is 0 Å². The first-order valence-corrected chi connectivity index (χ1v) is 5.82. The molecule has 5 heteroatoms. The van der Waals surface area contributed by atoms with Crippen LogP contribution in [-0.4, -0.2) is 5.78 Å². The summed E-state index contributed by atoms with van der Waals surface area (Å²) in [4.78, 5) is 11.9. The molecular formula is C14H5ClN2O2. The summed E-state index contributed by atoms with van der Waals surface area (Å²) in [6.45, 7) is 0. The fourth-order valence-corrected chi connectivity index (χ4v) is 2.44. The van der Waals surface area contributed by atoms with Gasteiger partial charge in [0.1, 0.15) is 23.3 Å². The third kappa shape index (κ3) is 1.55. The normalized spacial score (nSPS) is 13.2. The van der Waals surface area contributed by atoms with E-state index in [0.717, 1.165) is 0 Å². The van der Waals surface area contributed by atoms with E-state index in [9.17, 15) is 4.79 Å². The van der Waals surface area contributed by atoms with E-state index in [4.69, 9.17) is 26.5 Å². The number of halogens is 1. The summed E-state index contributed by atoms with van der Waals surface area (Å²) >= 11 is 5.94. The standard InChI is InChI=1S/C14H5ClN2O2/c15-8-1-2-12-10(3-8)13-9(7(5-16)6-17)4-11(18)14(13)19-12/h1-3H,4H2. The maximum Gasteiger partial charge on any atom is 0.203 e. The quantitative estimate of drug-likeness (QED) is 0.685. The SMILES string of the molecule is N#CC(C#N)=C1CC(=O)c2oc3ccc(Cl)cc3c21. The van der Waals surface area contributed by atoms with Gasteiger partial charge >= 0.3 is 0 Å². The van der Waals surface area contributed by atoms with Crippen LogP contribution in [0.4, 0.5) is 0 Å². The minimum Gasteiger partial charge on any atom is -0.452 e. The van der Waals surface area contributed by atoms with Crippen molar-refractivity contribution in [3.05, 3.63) is 40.1 Å². The molecule has 0 saturated carbocycles. The summed E-state index contributed by atoms with van der Waals surface area (Å²) in [6, 6.07) is 8.63. The fraction of sp³-hybridized carbons (Fsp3) is 0.0714. The van der Waals surface area contributed by atoms with E-state index in [-0.39, 0.29) is 23.5 Å². The molecule has 1 aromatic carbocycles. The van der Waals surface area contributed by atoms with Gasteiger partial charge in [0.05, 0.1) is 0 Å². The van der Waals surface area contributed by atoms with Crippen LogP contribution in [0.5, 0.6) is 0 Å². The van der Waals surface area contributed by atoms with Crippen LogP contribution in [-0.2, 0) is 0 Å². The third-order valence-electron chi connectivity index (χ3n) is 3.07. The maximum absolute atomic E-state index is 11.9. The Labute approximate surface area is 113 Å². The molecule has 0 aliphatic heterocycles. The second kappa shape index (κ2) is 3.98. The predicted octanol–water partition coefficient (Wildman–Crippen LogP) is 3.47. The van der Waals surface area contributed by atoms with Gasteiger partial charge in [0, 0.05) is 28.0 Å². The van der Waals surface area contributed by atoms with E-state index in [1.165, 1.54) is 0 Å². The highest BCUT2D eigenvalue weighted by molar-refractivity contribution is 6.31. The number of benzene rings is 1. The molecule has 0 amide bonds. The van der Waals surface area contributed by atoms with Crippen molar-refractivity contribution in [2.75, 3.05) is 0 Å². The molecule has 0 bridgehead atoms. The molecule has 0 spiro atoms. The Morgan fingerprint density at radius 2 is 2.05 bits per heavy atom. The molecular weight excluding hydrogens is 264 g/mol. The number of fused-ring (bicyclic) bond motifs is 3. The van der Waals surface area contributed by atoms with E-state index in [1.807, 2.05) is 12.1 Å². The molecule has 0 saturated heterocycles. The zero-order chi connectivity index (χ0) is 13.6. The highest BCUT2D eigenvalue weighted by Gasteiger charge is 2.33. The van der Waals surface area contributed by atoms with Crippen LogP contribution >= 0.6 is 11.6 Å². The van der Waals surface area contributed by atoms with Crippen LogP contribution in [0.3, 0.4) is 0 Å². The van der Waals surface area contributed by atoms with Gasteiger partial charge in [-0.05, 0) is 18.2 Å². The predicted molar refractivity (Wildman–Crippen MR) is 68.3 cm³/mol. The lowest BCUT2D eigenvalue weighted by Gasteiger charge is -1.97. The third-order valence-corrected chi connectivity index (χ3v) is 3.30. The second-order valence-electron chi connectivity index (χ2n) is 4.12. The number of carbonyl (C=O) groups excluding carboxylic acids is 1. The largest absolute Gasteiger partial charge is 0.452 e. The molecule has 2 aromatic rings. The summed E-state index contributed by atoms with van der Waals surface area (Å²) in [5.41, 5.74) is 1.41. The highest BCUT2D eigenvalue weighted by atomic mass is 35.5. The average molecular weight is 269 g/mol. The van der Waals surface area contributed by atoms with Crippen molar-refractivity contribution < 1.29 is 9.21 Å². The molecule has 90 valence electrons. The van der Waals surface area contributed by atoms with Gasteiger partial charge < -0.3 is 4.42 Å². The van der Waals surface area contributed by atoms with E-state index >= 15 is 0 Å². The molecule has 1 aromatic heterocycles. The van der Waals surface area contributed by atoms with E-state index in [2.05, 4.69) is 0 Å². The lowest BCUT2D eigenvalue weighted by Crippen LogP contribution is -1.88. The molecule has 19 heavy (non-hydrogen) atoms. The van der Waals surface area contributed by atoms with Crippen molar-refractivity contribution in [1.29, 1.82) is 10.5 Å². The monoisotopic (exact) mass is 268 g/mol. The van der Waals surface area contributed by atoms with E-state index in [1.54, 1.807) is 18.2 Å². The minimum absolute atomic E-state index is 0.0209. The molecule has 0 unspecified atom stereocenters. The number of nitriles is 2. The number of rotatable bonds is 0. The smallest absolute Gasteiger partial charge is 0.203 e. The summed E-state index contributed by atoms with van der Waals surface area (Å²) in [5, 5.41) is 19.1. The lowest BCUT2D eigenvalue weighted by molar-refractivity contribution is 0.0981. The number of carbonyl (C=O) groups is 1. The highest BCUT2D eigenvalue weighted by Crippen LogP contribution is 2.42. The zero-order valence-corrected chi connectivity index (χ0v) is 10.3. The average Bonchev–Trinajstić information content (AvgIpc) is 2.90. The van der Waals surface area contributed by atoms with Crippen LogP contribution in [0.2, 0.25) is 5.02 Å². The number of allylic oxidation sites excluding steroid dienone is 2. The van der Waals surface area contributed by atoms with Crippen molar-refractivity contribution >= 4 is 33.9 Å². The van der Waals surface area contributed by atoms with Gasteiger partial charge in [-0.1, -0.05) is 11.6 Å². The Kier molecular flexibility index (Phi) is 2.41. The first-order valence-electron chi connectivity index (χ1n) is 5.44. The second-order valence-corrected chi connectivity index (χ2v) is 4.56. The van der Waals surface area contributed by atoms with Crippen LogP contribution in [0.25, 0.3) is 16.5 Å². The molecule has 1 aliphatic rings. The van der Waals surface area contributed by atoms with Crippen molar-refractivity contribution in [3.8, 4) is 12.1 Å². The Bertz CT molecular complexity index is 831. The Hall–Kier alpha value is -2.56. The minimum atomic E-state index is -0.222. The molecule has 1 heterocycles. The van der Waals surface area contributed by atoms with Gasteiger partial charge in [-0.2, -0.15) is 10.5 Å². The van der Waals surface area contributed by atoms with Gasteiger partial charge in [-0.3, -0.25) is 4.79 Å². The van der Waals surface area contributed by atoms with Gasteiger partial charge in [0.15, 0.2) is 5.76 Å². The zero-order valence-electron chi connectivity index (χ0n) is 9.53. The lowest BCUT2D eigenvalue weighted by atomic mass is 10.0. The van der Waals surface area contributed by atoms with Gasteiger partial charge in [-0.15, -0.1) is 0 Å². The van der Waals surface area contributed by atoms with E-state index in [0.29, 0.717) is 27.1 Å². The van der Waals surface area contributed by atoms with Gasteiger partial charge in [-0.25, -0.2) is 0 Å². The van der Waals surface area contributed by atoms with Gasteiger partial charge in [0.25, 0.3) is 0 Å². The maximum atomic E-state index is 11.9. The molecule has 0 atom stereocenters. The Morgan fingerprint density at radius 1 is 1.32 bits per heavy atom. The molecule has 0 N–H and O–H groups in total. The van der Waals surface area contributed by atoms with Crippen molar-refractivity contribution in [1.82, 2.24) is 0 Å². The number of ketones is 1. The fourth-order valence-electron chi connectivity index (χ4n) is 2.27. The van der Waals surface area contributed by atoms with Crippen LogP contribution < -0.4 is 0 Å². The number of furan rings is 1. The summed E-state index contributed by atoms with van der Waals surface area (Å²) in [6.07, 6.45) is 0.0209. The molecule has 3 rings (SSSR count). The number of hydrogen-bond acceptors (Lipinski definition) is 4. The van der Waals surface area contributed by atoms with Crippen molar-refractivity contribution in [2.24, 2.45) is 0 Å². The van der Waals surface area contributed by atoms with Crippen LogP contribution in [0.15, 0.2) is 28.2 Å². The summed E-state index contributed by atoms with van der Waals surface area (Å²) in [5.74, 6) is -0.0180. The van der Waals surface area contributed by atoms with Crippen molar-refractivity contribution in [2.45, 2.75) is 6.42 Å². The first-order chi connectivity index (χ1) is 9.15. The van der Waals surface area contributed by atoms with Crippen LogP contribution in [0.1, 0.15) is 22.5 Å². The number of nitrogens with zero attached hydrogens (tertiary/aromatic N) is 2. The molecule has 0 radical (unpaired) electrons. The summed E-state index contributed by atoms with van der Waals surface area (Å²) in [7, 11) is 0. The topological polar surface area (TPSA) is 77.8 Å². The molecule has 0 fully saturated rings. The van der Waals surface area contributed by atoms with E-state index < -0.39 is 0 Å².